The van der Waals surface area contributed by atoms with Crippen molar-refractivity contribution in [1.29, 1.82) is 0 Å². The van der Waals surface area contributed by atoms with Crippen LogP contribution in [0.4, 0.5) is 0 Å². The number of esters is 1. The molecule has 1 unspecified atom stereocenters. The molecule has 1 atom stereocenters. The predicted octanol–water partition coefficient (Wildman–Crippen LogP) is 4.52. The number of hydrogen-bond acceptors (Lipinski definition) is 5. The van der Waals surface area contributed by atoms with E-state index in [1.807, 2.05) is 50.2 Å². The van der Waals surface area contributed by atoms with Crippen molar-refractivity contribution in [2.45, 2.75) is 38.1 Å². The summed E-state index contributed by atoms with van der Waals surface area (Å²) in [6, 6.07) is 17.0. The second-order valence-corrected chi connectivity index (χ2v) is 8.82. The number of carbonyl (C=O) groups is 1. The number of aryl methyl sites for hydroxylation is 1. The van der Waals surface area contributed by atoms with Gasteiger partial charge in [0, 0.05) is 10.8 Å². The van der Waals surface area contributed by atoms with Crippen molar-refractivity contribution in [3.63, 3.8) is 0 Å². The molecular formula is C24H27NO5S. The molecule has 1 N–H and O–H groups in total. The summed E-state index contributed by atoms with van der Waals surface area (Å²) >= 11 is 0. The number of carbonyl (C=O) groups excluding carboxylic acids is 1. The largest absolute Gasteiger partial charge is 0.493 e. The second kappa shape index (κ2) is 9.94. The van der Waals surface area contributed by atoms with Gasteiger partial charge in [-0.3, -0.25) is 4.79 Å². The van der Waals surface area contributed by atoms with Gasteiger partial charge < -0.3 is 9.47 Å². The molecule has 0 fully saturated rings. The van der Waals surface area contributed by atoms with Gasteiger partial charge in [-0.1, -0.05) is 54.1 Å². The van der Waals surface area contributed by atoms with Gasteiger partial charge in [-0.05, 0) is 38.5 Å². The molecule has 0 aliphatic heterocycles. The summed E-state index contributed by atoms with van der Waals surface area (Å²) in [4.78, 5) is 12.3. The molecule has 0 amide bonds. The molecule has 0 radical (unpaired) electrons. The first-order valence-electron chi connectivity index (χ1n) is 10.2. The zero-order valence-electron chi connectivity index (χ0n) is 17.9. The molecule has 3 aromatic carbocycles. The SMILES string of the molecule is CCOC(=O)CC(NS(=O)(=O)c1ccc(OCC)c2ccccc12)c1ccc(C)cc1. The Balaban J connectivity index is 2.01. The summed E-state index contributed by atoms with van der Waals surface area (Å²) < 4.78 is 40.2. The minimum Gasteiger partial charge on any atom is -0.493 e. The highest BCUT2D eigenvalue weighted by molar-refractivity contribution is 7.89. The van der Waals surface area contributed by atoms with Crippen molar-refractivity contribution in [1.82, 2.24) is 4.72 Å². The quantitative estimate of drug-likeness (QED) is 0.494. The van der Waals surface area contributed by atoms with E-state index in [1.165, 1.54) is 6.07 Å². The molecule has 7 heteroatoms. The smallest absolute Gasteiger partial charge is 0.307 e. The number of fused-ring (bicyclic) bond motifs is 1. The average molecular weight is 442 g/mol. The van der Waals surface area contributed by atoms with Gasteiger partial charge in [-0.2, -0.15) is 0 Å². The zero-order valence-corrected chi connectivity index (χ0v) is 18.7. The monoisotopic (exact) mass is 441 g/mol. The molecular weight excluding hydrogens is 414 g/mol. The first kappa shape index (κ1) is 22.8. The summed E-state index contributed by atoms with van der Waals surface area (Å²) in [5.41, 5.74) is 1.73. The fourth-order valence-electron chi connectivity index (χ4n) is 3.42. The highest BCUT2D eigenvalue weighted by Gasteiger charge is 2.26. The molecule has 6 nitrogen and oxygen atoms in total. The molecule has 31 heavy (non-hydrogen) atoms. The van der Waals surface area contributed by atoms with E-state index in [2.05, 4.69) is 4.72 Å². The van der Waals surface area contributed by atoms with E-state index in [1.54, 1.807) is 25.1 Å². The van der Waals surface area contributed by atoms with Crippen molar-refractivity contribution >= 4 is 26.8 Å². The van der Waals surface area contributed by atoms with E-state index < -0.39 is 22.0 Å². The first-order chi connectivity index (χ1) is 14.9. The lowest BCUT2D eigenvalue weighted by atomic mass is 10.0. The van der Waals surface area contributed by atoms with Crippen molar-refractivity contribution < 1.29 is 22.7 Å². The van der Waals surface area contributed by atoms with Crippen molar-refractivity contribution in [3.05, 3.63) is 71.8 Å². The number of nitrogens with one attached hydrogen (secondary N) is 1. The minimum atomic E-state index is -3.95. The van der Waals surface area contributed by atoms with Crippen LogP contribution in [0.25, 0.3) is 10.8 Å². The van der Waals surface area contributed by atoms with Crippen molar-refractivity contribution in [2.24, 2.45) is 0 Å². The van der Waals surface area contributed by atoms with Crippen molar-refractivity contribution in [3.8, 4) is 5.75 Å². The lowest BCUT2D eigenvalue weighted by Gasteiger charge is -2.20. The van der Waals surface area contributed by atoms with E-state index in [0.29, 0.717) is 28.7 Å². The highest BCUT2D eigenvalue weighted by atomic mass is 32.2. The Kier molecular flexibility index (Phi) is 7.30. The maximum Gasteiger partial charge on any atom is 0.307 e. The maximum absolute atomic E-state index is 13.4. The van der Waals surface area contributed by atoms with Gasteiger partial charge in [0.2, 0.25) is 10.0 Å². The molecule has 0 aliphatic carbocycles. The Bertz CT molecular complexity index is 1160. The molecule has 0 aliphatic rings. The topological polar surface area (TPSA) is 81.7 Å². The van der Waals surface area contributed by atoms with Gasteiger partial charge in [0.25, 0.3) is 0 Å². The normalized spacial score (nSPS) is 12.5. The van der Waals surface area contributed by atoms with E-state index in [4.69, 9.17) is 9.47 Å². The third-order valence-corrected chi connectivity index (χ3v) is 6.42. The fraction of sp³-hybridized carbons (Fsp3) is 0.292. The zero-order chi connectivity index (χ0) is 22.4. The van der Waals surface area contributed by atoms with Gasteiger partial charge in [-0.15, -0.1) is 0 Å². The van der Waals surface area contributed by atoms with Crippen LogP contribution in [-0.4, -0.2) is 27.6 Å². The number of rotatable bonds is 9. The summed E-state index contributed by atoms with van der Waals surface area (Å²) in [7, 11) is -3.95. The number of ether oxygens (including phenoxy) is 2. The van der Waals surface area contributed by atoms with Crippen LogP contribution in [-0.2, 0) is 19.6 Å². The van der Waals surface area contributed by atoms with Crippen LogP contribution < -0.4 is 9.46 Å². The Labute approximate surface area is 183 Å². The number of hydrogen-bond donors (Lipinski definition) is 1. The van der Waals surface area contributed by atoms with Crippen LogP contribution in [0.1, 0.15) is 37.4 Å². The van der Waals surface area contributed by atoms with Gasteiger partial charge in [0.05, 0.1) is 30.6 Å². The average Bonchev–Trinajstić information content (AvgIpc) is 2.74. The van der Waals surface area contributed by atoms with Gasteiger partial charge >= 0.3 is 5.97 Å². The third kappa shape index (κ3) is 5.42. The Morgan fingerprint density at radius 2 is 1.61 bits per heavy atom. The summed E-state index contributed by atoms with van der Waals surface area (Å²) in [5.74, 6) is 0.158. The Hall–Kier alpha value is -2.90. The molecule has 0 saturated carbocycles. The molecule has 3 rings (SSSR count). The Morgan fingerprint density at radius 3 is 2.26 bits per heavy atom. The number of sulfonamides is 1. The molecule has 0 bridgehead atoms. The predicted molar refractivity (Wildman–Crippen MR) is 121 cm³/mol. The molecule has 3 aromatic rings. The van der Waals surface area contributed by atoms with E-state index in [0.717, 1.165) is 5.56 Å². The number of benzene rings is 3. The first-order valence-corrected chi connectivity index (χ1v) is 11.7. The lowest BCUT2D eigenvalue weighted by molar-refractivity contribution is -0.143. The standard InChI is InChI=1S/C24H27NO5S/c1-4-29-22-14-15-23(20-9-7-6-8-19(20)22)31(27,28)25-21(16-24(26)30-5-2)18-12-10-17(3)11-13-18/h6-15,21,25H,4-5,16H2,1-3H3. The van der Waals surface area contributed by atoms with E-state index in [9.17, 15) is 13.2 Å². The van der Waals surface area contributed by atoms with Crippen LogP contribution in [0, 0.1) is 6.92 Å². The van der Waals surface area contributed by atoms with Gasteiger partial charge in [0.1, 0.15) is 5.75 Å². The summed E-state index contributed by atoms with van der Waals surface area (Å²) in [6.45, 7) is 6.25. The molecule has 0 spiro atoms. The van der Waals surface area contributed by atoms with Crippen LogP contribution in [0.2, 0.25) is 0 Å². The summed E-state index contributed by atoms with van der Waals surface area (Å²) in [6.07, 6.45) is -0.106. The second-order valence-electron chi connectivity index (χ2n) is 7.13. The van der Waals surface area contributed by atoms with E-state index in [-0.39, 0.29) is 17.9 Å². The lowest BCUT2D eigenvalue weighted by Crippen LogP contribution is -2.31. The van der Waals surface area contributed by atoms with Crippen LogP contribution in [0.5, 0.6) is 5.75 Å². The third-order valence-electron chi connectivity index (χ3n) is 4.89. The Morgan fingerprint density at radius 1 is 0.935 bits per heavy atom. The molecule has 0 saturated heterocycles. The van der Waals surface area contributed by atoms with Gasteiger partial charge in [-0.25, -0.2) is 13.1 Å². The molecule has 0 heterocycles. The van der Waals surface area contributed by atoms with E-state index >= 15 is 0 Å². The van der Waals surface area contributed by atoms with Gasteiger partial charge in [0.15, 0.2) is 0 Å². The van der Waals surface area contributed by atoms with Crippen LogP contribution in [0.15, 0.2) is 65.6 Å². The maximum atomic E-state index is 13.4. The van der Waals surface area contributed by atoms with Crippen LogP contribution in [0.3, 0.4) is 0 Å². The fourth-order valence-corrected chi connectivity index (χ4v) is 4.86. The summed E-state index contributed by atoms with van der Waals surface area (Å²) in [5, 5.41) is 1.27. The molecule has 0 aromatic heterocycles. The van der Waals surface area contributed by atoms with Crippen molar-refractivity contribution in [2.75, 3.05) is 13.2 Å². The highest BCUT2D eigenvalue weighted by Crippen LogP contribution is 2.32. The minimum absolute atomic E-state index is 0.106. The molecule has 164 valence electrons. The van der Waals surface area contributed by atoms with Crippen LogP contribution >= 0.6 is 0 Å².